The number of pyridine rings is 1. The van der Waals surface area contributed by atoms with Crippen molar-refractivity contribution in [3.63, 3.8) is 0 Å². The summed E-state index contributed by atoms with van der Waals surface area (Å²) >= 11 is 1.18. The van der Waals surface area contributed by atoms with Gasteiger partial charge in [0.05, 0.1) is 0 Å². The van der Waals surface area contributed by atoms with Gasteiger partial charge in [0.25, 0.3) is 0 Å². The second-order valence-electron chi connectivity index (χ2n) is 2.48. The quantitative estimate of drug-likeness (QED) is 0.570. The first-order valence-electron chi connectivity index (χ1n) is 3.86. The maximum absolute atomic E-state index is 10.9. The molecule has 1 rings (SSSR count). The van der Waals surface area contributed by atoms with Gasteiger partial charge in [-0.15, -0.1) is 0 Å². The number of H-pyrrole nitrogens is 1. The molecule has 12 heavy (non-hydrogen) atoms. The van der Waals surface area contributed by atoms with Crippen molar-refractivity contribution in [3.8, 4) is 0 Å². The van der Waals surface area contributed by atoms with Crippen LogP contribution in [0, 0.1) is 0 Å². The molecule has 0 aromatic carbocycles. The molecule has 0 aliphatic carbocycles. The van der Waals surface area contributed by atoms with Gasteiger partial charge in [-0.1, -0.05) is 0 Å². The molecule has 0 saturated carbocycles. The Hall–Kier alpha value is -0.168. The number of aromatic amines is 1. The monoisotopic (exact) mass is 359 g/mol. The Bertz CT molecular complexity index is 284. The third-order valence-electron chi connectivity index (χ3n) is 1.53. The van der Waals surface area contributed by atoms with Crippen LogP contribution in [-0.4, -0.2) is 41.4 Å². The van der Waals surface area contributed by atoms with E-state index in [1.165, 1.54) is 31.8 Å². The average Bonchev–Trinajstić information content (AvgIpc) is 2.05. The van der Waals surface area contributed by atoms with E-state index in [9.17, 15) is 4.79 Å². The molecule has 1 aromatic heterocycles. The number of aromatic nitrogens is 1. The van der Waals surface area contributed by atoms with Crippen LogP contribution in [0.5, 0.6) is 0 Å². The molecular formula is C8H11N2OPb. The van der Waals surface area contributed by atoms with Crippen molar-refractivity contribution in [2.24, 2.45) is 0 Å². The zero-order valence-electron chi connectivity index (χ0n) is 6.76. The van der Waals surface area contributed by atoms with Gasteiger partial charge < -0.3 is 0 Å². The van der Waals surface area contributed by atoms with E-state index in [4.69, 9.17) is 0 Å². The van der Waals surface area contributed by atoms with Gasteiger partial charge >= 0.3 is 87.4 Å². The summed E-state index contributed by atoms with van der Waals surface area (Å²) < 4.78 is 1.11. The van der Waals surface area contributed by atoms with Crippen molar-refractivity contribution in [2.75, 3.05) is 10.6 Å². The third-order valence-corrected chi connectivity index (χ3v) is 2.50. The van der Waals surface area contributed by atoms with E-state index in [2.05, 4.69) is 10.3 Å². The Morgan fingerprint density at radius 2 is 2.42 bits per heavy atom. The second kappa shape index (κ2) is 5.47. The Morgan fingerprint density at radius 3 is 3.08 bits per heavy atom. The fourth-order valence-corrected chi connectivity index (χ4v) is 1.64. The van der Waals surface area contributed by atoms with Crippen LogP contribution < -0.4 is 10.7 Å². The first kappa shape index (κ1) is 9.92. The first-order valence-corrected chi connectivity index (χ1v) is 6.61. The van der Waals surface area contributed by atoms with Crippen molar-refractivity contribution in [1.82, 2.24) is 10.3 Å². The van der Waals surface area contributed by atoms with Crippen LogP contribution >= 0.6 is 0 Å². The summed E-state index contributed by atoms with van der Waals surface area (Å²) in [6, 6.07) is 3.18. The molecule has 0 atom stereocenters. The fourth-order valence-electron chi connectivity index (χ4n) is 0.948. The van der Waals surface area contributed by atoms with Gasteiger partial charge in [0.15, 0.2) is 0 Å². The van der Waals surface area contributed by atoms with E-state index >= 15 is 0 Å². The summed E-state index contributed by atoms with van der Waals surface area (Å²) in [7, 11) is 0. The SMILES string of the molecule is O=c1cc[nH]c(CCN[CH2][Pb])c1. The van der Waals surface area contributed by atoms with E-state index < -0.39 is 0 Å². The van der Waals surface area contributed by atoms with Crippen LogP contribution in [0.2, 0.25) is 0 Å². The standard InChI is InChI=1S/C8H11N2O.Pb/c1-9-4-2-7-6-8(11)3-5-10-7;/h3,5-6,9H,1-2,4H2,(H,10,11);. The summed E-state index contributed by atoms with van der Waals surface area (Å²) in [5, 5.41) is 3.26. The molecule has 63 valence electrons. The Labute approximate surface area is 87.3 Å². The normalized spacial score (nSPS) is 10.1. The van der Waals surface area contributed by atoms with Gasteiger partial charge in [0.1, 0.15) is 0 Å². The Kier molecular flexibility index (Phi) is 4.52. The zero-order chi connectivity index (χ0) is 8.81. The third kappa shape index (κ3) is 3.49. The van der Waals surface area contributed by atoms with E-state index in [-0.39, 0.29) is 5.43 Å². The average molecular weight is 358 g/mol. The fraction of sp³-hybridized carbons (Fsp3) is 0.375. The molecule has 0 spiro atoms. The molecular weight excluding hydrogens is 347 g/mol. The molecule has 2 N–H and O–H groups in total. The van der Waals surface area contributed by atoms with E-state index in [0.29, 0.717) is 0 Å². The number of hydrogen-bond donors (Lipinski definition) is 2. The summed E-state index contributed by atoms with van der Waals surface area (Å²) in [5.74, 6) is 0. The van der Waals surface area contributed by atoms with Crippen LogP contribution in [0.25, 0.3) is 0 Å². The van der Waals surface area contributed by atoms with E-state index in [0.717, 1.165) is 22.8 Å². The van der Waals surface area contributed by atoms with Crippen LogP contribution in [-0.2, 0) is 6.42 Å². The van der Waals surface area contributed by atoms with Gasteiger partial charge in [0, 0.05) is 0 Å². The van der Waals surface area contributed by atoms with Gasteiger partial charge in [-0.25, -0.2) is 0 Å². The molecule has 0 fully saturated rings. The molecule has 0 saturated heterocycles. The summed E-state index contributed by atoms with van der Waals surface area (Å²) in [5.41, 5.74) is 1.08. The molecule has 0 unspecified atom stereocenters. The van der Waals surface area contributed by atoms with E-state index in [1.807, 2.05) is 0 Å². The van der Waals surface area contributed by atoms with Crippen molar-refractivity contribution in [3.05, 3.63) is 34.2 Å². The Morgan fingerprint density at radius 1 is 1.58 bits per heavy atom. The molecule has 0 aliphatic rings. The molecule has 0 bridgehead atoms. The van der Waals surface area contributed by atoms with Crippen molar-refractivity contribution >= 4 is 25.8 Å². The van der Waals surface area contributed by atoms with Crippen molar-refractivity contribution in [2.45, 2.75) is 6.42 Å². The molecule has 1 heterocycles. The molecule has 3 nitrogen and oxygen atoms in total. The van der Waals surface area contributed by atoms with Crippen LogP contribution in [0.15, 0.2) is 23.1 Å². The van der Waals surface area contributed by atoms with Crippen LogP contribution in [0.1, 0.15) is 5.69 Å². The minimum atomic E-state index is 0.0784. The van der Waals surface area contributed by atoms with Crippen LogP contribution in [0.4, 0.5) is 0 Å². The van der Waals surface area contributed by atoms with Gasteiger partial charge in [-0.3, -0.25) is 0 Å². The molecule has 1 aromatic rings. The first-order chi connectivity index (χ1) is 5.83. The molecule has 0 amide bonds. The number of rotatable bonds is 4. The molecule has 4 heteroatoms. The van der Waals surface area contributed by atoms with Gasteiger partial charge in [-0.2, -0.15) is 0 Å². The number of hydrogen-bond acceptors (Lipinski definition) is 2. The van der Waals surface area contributed by atoms with E-state index in [1.54, 1.807) is 12.3 Å². The predicted molar refractivity (Wildman–Crippen MR) is 49.4 cm³/mol. The van der Waals surface area contributed by atoms with Gasteiger partial charge in [0.2, 0.25) is 0 Å². The second-order valence-corrected chi connectivity index (χ2v) is 3.85. The minimum absolute atomic E-state index is 0.0784. The van der Waals surface area contributed by atoms with Crippen molar-refractivity contribution < 1.29 is 0 Å². The zero-order valence-corrected chi connectivity index (χ0v) is 10.6. The molecule has 0 aliphatic heterocycles. The topological polar surface area (TPSA) is 44.9 Å². The number of nitrogens with one attached hydrogen (secondary N) is 2. The summed E-state index contributed by atoms with van der Waals surface area (Å²) in [4.78, 5) is 13.9. The molecule has 3 radical (unpaired) electrons. The Balaban J connectivity index is 2.47. The van der Waals surface area contributed by atoms with Crippen molar-refractivity contribution in [1.29, 1.82) is 0 Å². The maximum atomic E-state index is 10.9. The predicted octanol–water partition coefficient (Wildman–Crippen LogP) is -0.367. The summed E-state index contributed by atoms with van der Waals surface area (Å²) in [6.45, 7) is 0.948. The van der Waals surface area contributed by atoms with Gasteiger partial charge in [-0.05, 0) is 0 Å². The van der Waals surface area contributed by atoms with Crippen LogP contribution in [0.3, 0.4) is 0 Å². The summed E-state index contributed by atoms with van der Waals surface area (Å²) in [6.07, 6.45) is 2.59.